The van der Waals surface area contributed by atoms with Crippen LogP contribution in [-0.2, 0) is 0 Å². The Bertz CT molecular complexity index is 551. The summed E-state index contributed by atoms with van der Waals surface area (Å²) >= 11 is 1.45. The first-order valence-corrected chi connectivity index (χ1v) is 7.49. The molecule has 0 aromatic carbocycles. The van der Waals surface area contributed by atoms with Gasteiger partial charge in [-0.2, -0.15) is 5.10 Å². The fraction of sp³-hybridized carbons (Fsp3) is 0.385. The number of carbonyl (C=O) groups is 1. The molecule has 0 aliphatic carbocycles. The Hall–Kier alpha value is -2.02. The van der Waals surface area contributed by atoms with Gasteiger partial charge < -0.3 is 10.2 Å². The minimum atomic E-state index is 0.0317. The van der Waals surface area contributed by atoms with Crippen LogP contribution in [0.4, 0.5) is 5.82 Å². The Kier molecular flexibility index (Phi) is 3.87. The molecule has 2 aromatic rings. The Morgan fingerprint density at radius 2 is 2.25 bits per heavy atom. The first-order chi connectivity index (χ1) is 9.83. The molecule has 1 N–H and O–H groups in total. The van der Waals surface area contributed by atoms with Crippen LogP contribution in [0, 0.1) is 0 Å². The largest absolute Gasteiger partial charge is 0.366 e. The molecule has 3 rings (SSSR count). The summed E-state index contributed by atoms with van der Waals surface area (Å²) in [5.74, 6) is 0.820. The molecule has 0 radical (unpaired) electrons. The van der Waals surface area contributed by atoms with Gasteiger partial charge in [-0.15, -0.1) is 16.4 Å². The molecule has 0 unspecified atom stereocenters. The van der Waals surface area contributed by atoms with Crippen molar-refractivity contribution < 1.29 is 4.79 Å². The Balaban J connectivity index is 1.53. The van der Waals surface area contributed by atoms with Crippen molar-refractivity contribution in [1.29, 1.82) is 0 Å². The molecular weight excluding hydrogens is 274 g/mol. The van der Waals surface area contributed by atoms with Crippen LogP contribution in [0.5, 0.6) is 0 Å². The molecule has 0 bridgehead atoms. The van der Waals surface area contributed by atoms with Gasteiger partial charge in [0.15, 0.2) is 0 Å². The van der Waals surface area contributed by atoms with Gasteiger partial charge in [0.25, 0.3) is 5.91 Å². The number of likely N-dealkylation sites (tertiary alicyclic amines) is 1. The number of aromatic nitrogens is 3. The average molecular weight is 289 g/mol. The van der Waals surface area contributed by atoms with E-state index in [4.69, 9.17) is 0 Å². The lowest BCUT2D eigenvalue weighted by atomic mass is 10.0. The summed E-state index contributed by atoms with van der Waals surface area (Å²) in [7, 11) is 0. The smallest absolute Gasteiger partial charge is 0.273 e. The highest BCUT2D eigenvalue weighted by Crippen LogP contribution is 2.16. The number of anilines is 1. The summed E-state index contributed by atoms with van der Waals surface area (Å²) in [5.41, 5.74) is 2.24. The van der Waals surface area contributed by atoms with Crippen LogP contribution >= 0.6 is 11.3 Å². The number of thiazole rings is 1. The van der Waals surface area contributed by atoms with Crippen LogP contribution < -0.4 is 5.32 Å². The lowest BCUT2D eigenvalue weighted by molar-refractivity contribution is 0.0713. The van der Waals surface area contributed by atoms with Crippen LogP contribution in [-0.4, -0.2) is 45.1 Å². The van der Waals surface area contributed by atoms with Gasteiger partial charge in [0.1, 0.15) is 11.5 Å². The molecular formula is C13H15N5OS. The monoisotopic (exact) mass is 289 g/mol. The van der Waals surface area contributed by atoms with Crippen molar-refractivity contribution >= 4 is 23.1 Å². The Morgan fingerprint density at radius 3 is 2.90 bits per heavy atom. The number of nitrogens with zero attached hydrogens (tertiary/aromatic N) is 4. The van der Waals surface area contributed by atoms with Crippen molar-refractivity contribution in [3.63, 3.8) is 0 Å². The second-order valence-corrected chi connectivity index (χ2v) is 5.41. The van der Waals surface area contributed by atoms with Crippen LogP contribution in [0.15, 0.2) is 29.2 Å². The van der Waals surface area contributed by atoms with Gasteiger partial charge in [0, 0.05) is 30.7 Å². The van der Waals surface area contributed by atoms with E-state index in [9.17, 15) is 4.79 Å². The van der Waals surface area contributed by atoms with E-state index in [2.05, 4.69) is 20.5 Å². The molecule has 3 heterocycles. The fourth-order valence-electron chi connectivity index (χ4n) is 2.29. The zero-order chi connectivity index (χ0) is 13.8. The third-order valence-electron chi connectivity index (χ3n) is 3.36. The minimum absolute atomic E-state index is 0.0317. The highest BCUT2D eigenvalue weighted by atomic mass is 32.1. The van der Waals surface area contributed by atoms with Crippen LogP contribution in [0.2, 0.25) is 0 Å². The summed E-state index contributed by atoms with van der Waals surface area (Å²) in [6.07, 6.45) is 3.47. The van der Waals surface area contributed by atoms with Crippen molar-refractivity contribution in [2.24, 2.45) is 0 Å². The molecule has 0 atom stereocenters. The maximum Gasteiger partial charge on any atom is 0.273 e. The molecule has 6 nitrogen and oxygen atoms in total. The molecule has 1 amide bonds. The molecule has 1 aliphatic heterocycles. The molecule has 104 valence electrons. The number of rotatable bonds is 3. The van der Waals surface area contributed by atoms with Gasteiger partial charge in [-0.3, -0.25) is 4.79 Å². The summed E-state index contributed by atoms with van der Waals surface area (Å²) in [4.78, 5) is 18.1. The molecule has 0 saturated carbocycles. The SMILES string of the molecule is O=C(c1cscn1)N1CCC(Nc2cccnn2)CC1. The predicted octanol–water partition coefficient (Wildman–Crippen LogP) is 1.65. The van der Waals surface area contributed by atoms with Gasteiger partial charge in [0.2, 0.25) is 0 Å². The van der Waals surface area contributed by atoms with Gasteiger partial charge in [-0.05, 0) is 25.0 Å². The topological polar surface area (TPSA) is 71.0 Å². The number of carbonyl (C=O) groups excluding carboxylic acids is 1. The number of hydrogen-bond acceptors (Lipinski definition) is 6. The first kappa shape index (κ1) is 13.0. The number of piperidine rings is 1. The second kappa shape index (κ2) is 5.96. The Morgan fingerprint density at radius 1 is 1.40 bits per heavy atom. The molecule has 1 aliphatic rings. The fourth-order valence-corrected chi connectivity index (χ4v) is 2.82. The number of hydrogen-bond donors (Lipinski definition) is 1. The highest BCUT2D eigenvalue weighted by molar-refractivity contribution is 7.07. The van der Waals surface area contributed by atoms with Gasteiger partial charge in [-0.25, -0.2) is 4.98 Å². The van der Waals surface area contributed by atoms with E-state index in [1.165, 1.54) is 11.3 Å². The summed E-state index contributed by atoms with van der Waals surface area (Å²) in [6, 6.07) is 4.10. The lowest BCUT2D eigenvalue weighted by Gasteiger charge is -2.32. The zero-order valence-corrected chi connectivity index (χ0v) is 11.7. The van der Waals surface area contributed by atoms with Crippen molar-refractivity contribution in [1.82, 2.24) is 20.1 Å². The van der Waals surface area contributed by atoms with Crippen LogP contribution in [0.3, 0.4) is 0 Å². The highest BCUT2D eigenvalue weighted by Gasteiger charge is 2.24. The maximum atomic E-state index is 12.2. The van der Waals surface area contributed by atoms with Crippen molar-refractivity contribution in [2.75, 3.05) is 18.4 Å². The van der Waals surface area contributed by atoms with Gasteiger partial charge in [0.05, 0.1) is 5.51 Å². The Labute approximate surface area is 120 Å². The van der Waals surface area contributed by atoms with E-state index in [0.29, 0.717) is 11.7 Å². The lowest BCUT2D eigenvalue weighted by Crippen LogP contribution is -2.42. The summed E-state index contributed by atoms with van der Waals surface area (Å²) in [6.45, 7) is 1.49. The third kappa shape index (κ3) is 2.93. The second-order valence-electron chi connectivity index (χ2n) is 4.69. The van der Waals surface area contributed by atoms with E-state index >= 15 is 0 Å². The first-order valence-electron chi connectivity index (χ1n) is 6.54. The van der Waals surface area contributed by atoms with Gasteiger partial charge >= 0.3 is 0 Å². The maximum absolute atomic E-state index is 12.2. The normalized spacial score (nSPS) is 16.1. The number of nitrogens with one attached hydrogen (secondary N) is 1. The van der Waals surface area contributed by atoms with Crippen molar-refractivity contribution in [2.45, 2.75) is 18.9 Å². The zero-order valence-electron chi connectivity index (χ0n) is 10.9. The van der Waals surface area contributed by atoms with Crippen LogP contribution in [0.1, 0.15) is 23.3 Å². The van der Waals surface area contributed by atoms with E-state index in [-0.39, 0.29) is 5.91 Å². The minimum Gasteiger partial charge on any atom is -0.366 e. The molecule has 7 heteroatoms. The van der Waals surface area contributed by atoms with E-state index in [0.717, 1.165) is 31.7 Å². The standard InChI is InChI=1S/C13H15N5OS/c19-13(11-8-20-9-14-11)18-6-3-10(4-7-18)16-12-2-1-5-15-17-12/h1-2,5,8-10H,3-4,6-7H2,(H,16,17). The van der Waals surface area contributed by atoms with E-state index < -0.39 is 0 Å². The molecule has 20 heavy (non-hydrogen) atoms. The van der Waals surface area contributed by atoms with Gasteiger partial charge in [-0.1, -0.05) is 0 Å². The van der Waals surface area contributed by atoms with Crippen LogP contribution in [0.25, 0.3) is 0 Å². The van der Waals surface area contributed by atoms with Crippen molar-refractivity contribution in [3.8, 4) is 0 Å². The molecule has 1 fully saturated rings. The molecule has 0 spiro atoms. The van der Waals surface area contributed by atoms with Crippen molar-refractivity contribution in [3.05, 3.63) is 34.9 Å². The van der Waals surface area contributed by atoms with E-state index in [1.54, 1.807) is 17.1 Å². The molecule has 2 aromatic heterocycles. The quantitative estimate of drug-likeness (QED) is 0.930. The van der Waals surface area contributed by atoms with E-state index in [1.807, 2.05) is 17.0 Å². The predicted molar refractivity (Wildman–Crippen MR) is 76.7 cm³/mol. The summed E-state index contributed by atoms with van der Waals surface area (Å²) < 4.78 is 0. The molecule has 1 saturated heterocycles. The average Bonchev–Trinajstić information content (AvgIpc) is 3.03. The third-order valence-corrected chi connectivity index (χ3v) is 3.94. The summed E-state index contributed by atoms with van der Waals surface area (Å²) in [5, 5.41) is 13.0. The number of amides is 1.